The molecule has 23 heavy (non-hydrogen) atoms. The average molecular weight is 315 g/mol. The quantitative estimate of drug-likeness (QED) is 0.770. The predicted molar refractivity (Wildman–Crippen MR) is 90.7 cm³/mol. The molecule has 1 aliphatic heterocycles. The summed E-state index contributed by atoms with van der Waals surface area (Å²) < 4.78 is 0. The van der Waals surface area contributed by atoms with Gasteiger partial charge >= 0.3 is 5.97 Å². The van der Waals surface area contributed by atoms with Crippen LogP contribution in [-0.4, -0.2) is 17.1 Å². The topological polar surface area (TPSA) is 49.3 Å². The summed E-state index contributed by atoms with van der Waals surface area (Å²) in [7, 11) is 0. The van der Waals surface area contributed by atoms with Crippen LogP contribution in [0, 0.1) is 34.5 Å². The van der Waals surface area contributed by atoms with E-state index in [1.165, 1.54) is 19.3 Å². The summed E-state index contributed by atoms with van der Waals surface area (Å²) in [4.78, 5) is 11.7. The fraction of sp³-hybridized carbons (Fsp3) is 0.750. The maximum atomic E-state index is 11.7. The summed E-state index contributed by atoms with van der Waals surface area (Å²) in [5, 5.41) is 13.3. The lowest BCUT2D eigenvalue weighted by Gasteiger charge is -2.59. The molecule has 3 nitrogen and oxygen atoms in total. The fourth-order valence-electron chi connectivity index (χ4n) is 6.82. The molecule has 0 aromatic rings. The third-order valence-corrected chi connectivity index (χ3v) is 8.08. The molecule has 3 aliphatic carbocycles. The molecule has 0 aromatic carbocycles. The van der Waals surface area contributed by atoms with Crippen molar-refractivity contribution in [3.05, 3.63) is 24.4 Å². The van der Waals surface area contributed by atoms with Crippen molar-refractivity contribution in [1.82, 2.24) is 5.32 Å². The van der Waals surface area contributed by atoms with Crippen molar-refractivity contribution >= 4 is 5.97 Å². The molecule has 0 unspecified atom stereocenters. The van der Waals surface area contributed by atoms with Crippen LogP contribution in [0.2, 0.25) is 0 Å². The number of carbonyl (C=O) groups is 1. The Bertz CT molecular complexity index is 582. The molecular formula is C20H29NO2. The zero-order valence-corrected chi connectivity index (χ0v) is 14.3. The van der Waals surface area contributed by atoms with Crippen molar-refractivity contribution in [3.8, 4) is 0 Å². The van der Waals surface area contributed by atoms with Gasteiger partial charge in [-0.2, -0.15) is 0 Å². The van der Waals surface area contributed by atoms with E-state index in [-0.39, 0.29) is 16.7 Å². The van der Waals surface area contributed by atoms with Crippen molar-refractivity contribution in [3.63, 3.8) is 0 Å². The molecule has 4 aliphatic rings. The molecular weight excluding hydrogens is 286 g/mol. The zero-order valence-electron chi connectivity index (χ0n) is 14.3. The Morgan fingerprint density at radius 1 is 1.22 bits per heavy atom. The van der Waals surface area contributed by atoms with Gasteiger partial charge in [0.15, 0.2) is 0 Å². The fourth-order valence-corrected chi connectivity index (χ4v) is 6.82. The van der Waals surface area contributed by atoms with Crippen molar-refractivity contribution in [2.24, 2.45) is 34.5 Å². The molecule has 3 saturated carbocycles. The van der Waals surface area contributed by atoms with E-state index < -0.39 is 5.97 Å². The maximum Gasteiger partial charge on any atom is 0.307 e. The third-order valence-electron chi connectivity index (χ3n) is 8.08. The Kier molecular flexibility index (Phi) is 3.24. The molecule has 0 radical (unpaired) electrons. The lowest BCUT2D eigenvalue weighted by atomic mass is 9.48. The molecule has 1 heterocycles. The molecule has 4 rings (SSSR count). The van der Waals surface area contributed by atoms with Crippen LogP contribution in [0.15, 0.2) is 24.4 Å². The second kappa shape index (κ2) is 4.87. The van der Waals surface area contributed by atoms with Crippen LogP contribution >= 0.6 is 0 Å². The number of rotatable bonds is 1. The molecule has 2 N–H and O–H groups in total. The van der Waals surface area contributed by atoms with E-state index >= 15 is 0 Å². The average Bonchev–Trinajstić information content (AvgIpc) is 2.85. The van der Waals surface area contributed by atoms with E-state index in [9.17, 15) is 9.90 Å². The molecule has 0 aromatic heterocycles. The van der Waals surface area contributed by atoms with Crippen LogP contribution in [0.1, 0.15) is 52.4 Å². The van der Waals surface area contributed by atoms with E-state index in [1.807, 2.05) is 0 Å². The number of carboxylic acid groups (broad SMARTS) is 1. The zero-order chi connectivity index (χ0) is 16.4. The Labute approximate surface area is 139 Å². The van der Waals surface area contributed by atoms with Gasteiger partial charge in [-0.05, 0) is 67.8 Å². The van der Waals surface area contributed by atoms with Gasteiger partial charge in [0.25, 0.3) is 0 Å². The molecule has 3 fully saturated rings. The molecule has 0 bridgehead atoms. The first-order chi connectivity index (χ1) is 10.9. The number of hydrogen-bond acceptors (Lipinski definition) is 2. The summed E-state index contributed by atoms with van der Waals surface area (Å²) in [6.45, 7) is 8.75. The van der Waals surface area contributed by atoms with Crippen molar-refractivity contribution in [2.45, 2.75) is 58.4 Å². The molecule has 0 spiro atoms. The normalized spacial score (nSPS) is 51.4. The minimum atomic E-state index is -0.566. The van der Waals surface area contributed by atoms with Gasteiger partial charge in [-0.1, -0.05) is 26.5 Å². The largest absolute Gasteiger partial charge is 0.481 e. The summed E-state index contributed by atoms with van der Waals surface area (Å²) >= 11 is 0. The van der Waals surface area contributed by atoms with Crippen LogP contribution in [0.3, 0.4) is 0 Å². The second-order valence-electron chi connectivity index (χ2n) is 8.89. The Morgan fingerprint density at radius 2 is 2.00 bits per heavy atom. The molecule has 0 amide bonds. The smallest absolute Gasteiger partial charge is 0.307 e. The van der Waals surface area contributed by atoms with Gasteiger partial charge in [0.05, 0.1) is 5.92 Å². The summed E-state index contributed by atoms with van der Waals surface area (Å²) in [5.74, 6) is 1.28. The molecule has 126 valence electrons. The van der Waals surface area contributed by atoms with E-state index in [0.717, 1.165) is 25.0 Å². The van der Waals surface area contributed by atoms with Crippen molar-refractivity contribution < 1.29 is 9.90 Å². The lowest BCUT2D eigenvalue weighted by Crippen LogP contribution is -2.58. The van der Waals surface area contributed by atoms with E-state index in [2.05, 4.69) is 37.9 Å². The van der Waals surface area contributed by atoms with E-state index in [0.29, 0.717) is 23.8 Å². The number of nitrogens with one attached hydrogen (secondary N) is 1. The number of aliphatic carboxylic acids is 1. The number of carboxylic acids is 1. The van der Waals surface area contributed by atoms with Crippen LogP contribution in [0.4, 0.5) is 0 Å². The minimum absolute atomic E-state index is 0.0194. The Hall–Kier alpha value is -1.25. The standard InChI is InChI=1S/C20H29NO2/c1-12-8-10-20(3)15-9-11-19(2)14(5-6-16(19)18(22)23)13(15)4-7-17(20)21-12/h8,10,13-17,21H,1,4-7,9,11H2,2-3H3,(H,22,23)/t13-,14+,15+,16+,17-,19-,20+/m0/s1. The number of allylic oxidation sites excluding steroid dienone is 1. The number of hydrogen-bond donors (Lipinski definition) is 2. The lowest BCUT2D eigenvalue weighted by molar-refractivity contribution is -0.149. The van der Waals surface area contributed by atoms with Gasteiger partial charge < -0.3 is 10.4 Å². The first-order valence-electron chi connectivity index (χ1n) is 9.24. The summed E-state index contributed by atoms with van der Waals surface area (Å²) in [6, 6.07) is 0.502. The highest BCUT2D eigenvalue weighted by Crippen LogP contribution is 2.65. The van der Waals surface area contributed by atoms with Gasteiger partial charge in [0, 0.05) is 17.2 Å². The van der Waals surface area contributed by atoms with Gasteiger partial charge in [-0.25, -0.2) is 0 Å². The molecule has 0 saturated heterocycles. The van der Waals surface area contributed by atoms with Crippen LogP contribution in [-0.2, 0) is 4.79 Å². The van der Waals surface area contributed by atoms with E-state index in [4.69, 9.17) is 0 Å². The number of fused-ring (bicyclic) bond motifs is 5. The summed E-state index contributed by atoms with van der Waals surface area (Å²) in [6.07, 6.45) is 11.2. The van der Waals surface area contributed by atoms with E-state index in [1.54, 1.807) is 0 Å². The van der Waals surface area contributed by atoms with Crippen LogP contribution in [0.25, 0.3) is 0 Å². The van der Waals surface area contributed by atoms with Crippen LogP contribution in [0.5, 0.6) is 0 Å². The first kappa shape index (κ1) is 15.3. The van der Waals surface area contributed by atoms with Crippen LogP contribution < -0.4 is 5.32 Å². The SMILES string of the molecule is C=C1C=C[C@@]2(C)[C@H](CC[C@@H]3[C@H]2CC[C@]2(C)[C@@H](C(=O)O)CC[C@H]32)N1. The second-order valence-corrected chi connectivity index (χ2v) is 8.89. The summed E-state index contributed by atoms with van der Waals surface area (Å²) in [5.41, 5.74) is 1.26. The van der Waals surface area contributed by atoms with Gasteiger partial charge in [0.1, 0.15) is 0 Å². The minimum Gasteiger partial charge on any atom is -0.481 e. The Morgan fingerprint density at radius 3 is 2.74 bits per heavy atom. The van der Waals surface area contributed by atoms with Gasteiger partial charge in [-0.3, -0.25) is 4.79 Å². The third kappa shape index (κ3) is 1.98. The van der Waals surface area contributed by atoms with Crippen molar-refractivity contribution in [1.29, 1.82) is 0 Å². The van der Waals surface area contributed by atoms with Gasteiger partial charge in [0.2, 0.25) is 0 Å². The highest BCUT2D eigenvalue weighted by atomic mass is 16.4. The molecule has 3 heteroatoms. The highest BCUT2D eigenvalue weighted by Gasteiger charge is 2.60. The predicted octanol–water partition coefficient (Wildman–Crippen LogP) is 3.97. The van der Waals surface area contributed by atoms with Gasteiger partial charge in [-0.15, -0.1) is 0 Å². The monoisotopic (exact) mass is 315 g/mol. The highest BCUT2D eigenvalue weighted by molar-refractivity contribution is 5.71. The molecule has 7 atom stereocenters. The maximum absolute atomic E-state index is 11.7. The Balaban J connectivity index is 1.66. The first-order valence-corrected chi connectivity index (χ1v) is 9.24. The van der Waals surface area contributed by atoms with Crippen molar-refractivity contribution in [2.75, 3.05) is 0 Å².